The molecule has 2 unspecified atom stereocenters. The molecule has 0 spiro atoms. The average molecular weight is 205 g/mol. The Hall–Kier alpha value is -0.0400. The van der Waals surface area contributed by atoms with Gasteiger partial charge in [-0.2, -0.15) is 0 Å². The van der Waals surface area contributed by atoms with Gasteiger partial charge in [-0.3, -0.25) is 4.90 Å². The third-order valence-electron chi connectivity index (χ3n) is 6.05. The Morgan fingerprint density at radius 1 is 1.07 bits per heavy atom. The van der Waals surface area contributed by atoms with E-state index in [1.54, 1.807) is 0 Å². The van der Waals surface area contributed by atoms with Gasteiger partial charge in [0, 0.05) is 5.54 Å². The summed E-state index contributed by atoms with van der Waals surface area (Å²) in [6.07, 6.45) is 4.40. The van der Waals surface area contributed by atoms with Crippen molar-refractivity contribution in [3.05, 3.63) is 0 Å². The second-order valence-electron chi connectivity index (χ2n) is 7.28. The molecule has 4 aliphatic carbocycles. The standard InChI is InChI=1S/C14H23N/c1-9-8-13(2,3)12-11-10(9)14(11,12)15-6-4-5-7-15/h9-12H,4-8H2,1-3H3/t9?,10-,11+,12?,14+/m1/s1. The molecule has 5 atom stereocenters. The molecule has 1 heterocycles. The van der Waals surface area contributed by atoms with Crippen molar-refractivity contribution in [2.24, 2.45) is 29.1 Å². The van der Waals surface area contributed by atoms with Crippen LogP contribution in [0.25, 0.3) is 0 Å². The van der Waals surface area contributed by atoms with Crippen molar-refractivity contribution >= 4 is 0 Å². The Labute approximate surface area is 93.2 Å². The molecule has 2 bridgehead atoms. The fourth-order valence-electron chi connectivity index (χ4n) is 5.89. The van der Waals surface area contributed by atoms with Crippen molar-refractivity contribution in [1.82, 2.24) is 4.90 Å². The fourth-order valence-corrected chi connectivity index (χ4v) is 5.89. The van der Waals surface area contributed by atoms with E-state index in [1.807, 2.05) is 0 Å². The number of nitrogens with zero attached hydrogens (tertiary/aromatic N) is 1. The molecular weight excluding hydrogens is 182 g/mol. The molecule has 0 aromatic heterocycles. The van der Waals surface area contributed by atoms with Gasteiger partial charge in [0.25, 0.3) is 0 Å². The van der Waals surface area contributed by atoms with Gasteiger partial charge in [-0.15, -0.1) is 0 Å². The third-order valence-corrected chi connectivity index (χ3v) is 6.05. The molecule has 0 aromatic rings. The van der Waals surface area contributed by atoms with Crippen molar-refractivity contribution < 1.29 is 0 Å². The molecule has 1 saturated heterocycles. The van der Waals surface area contributed by atoms with E-state index in [0.717, 1.165) is 29.2 Å². The van der Waals surface area contributed by atoms with Crippen LogP contribution in [0.5, 0.6) is 0 Å². The Bertz CT molecular complexity index is 315. The fraction of sp³-hybridized carbons (Fsp3) is 1.00. The van der Waals surface area contributed by atoms with Gasteiger partial charge in [-0.1, -0.05) is 20.8 Å². The molecule has 5 fully saturated rings. The molecule has 1 aliphatic heterocycles. The van der Waals surface area contributed by atoms with Crippen molar-refractivity contribution in [2.45, 2.75) is 45.6 Å². The monoisotopic (exact) mass is 205 g/mol. The van der Waals surface area contributed by atoms with Crippen LogP contribution in [-0.4, -0.2) is 23.5 Å². The molecule has 0 aromatic carbocycles. The molecule has 0 N–H and O–H groups in total. The van der Waals surface area contributed by atoms with Gasteiger partial charge in [0.05, 0.1) is 0 Å². The minimum atomic E-state index is 0.640. The first kappa shape index (κ1) is 9.04. The van der Waals surface area contributed by atoms with E-state index in [0.29, 0.717) is 5.41 Å². The second kappa shape index (κ2) is 2.30. The van der Waals surface area contributed by atoms with Crippen LogP contribution in [0.2, 0.25) is 0 Å². The number of likely N-dealkylation sites (tertiary alicyclic amines) is 1. The molecule has 15 heavy (non-hydrogen) atoms. The van der Waals surface area contributed by atoms with Crippen LogP contribution >= 0.6 is 0 Å². The molecule has 1 heteroatoms. The van der Waals surface area contributed by atoms with Gasteiger partial charge in [-0.05, 0) is 61.4 Å². The minimum Gasteiger partial charge on any atom is -0.297 e. The van der Waals surface area contributed by atoms with Gasteiger partial charge >= 0.3 is 0 Å². The Balaban J connectivity index is 1.66. The van der Waals surface area contributed by atoms with Gasteiger partial charge in [0.2, 0.25) is 0 Å². The maximum atomic E-state index is 2.88. The summed E-state index contributed by atoms with van der Waals surface area (Å²) in [5, 5.41) is 0. The maximum Gasteiger partial charge on any atom is 0.0315 e. The Kier molecular flexibility index (Phi) is 1.38. The topological polar surface area (TPSA) is 3.24 Å². The molecule has 1 nitrogen and oxygen atoms in total. The highest BCUT2D eigenvalue weighted by Gasteiger charge is 2.93. The maximum absolute atomic E-state index is 2.88. The van der Waals surface area contributed by atoms with Crippen molar-refractivity contribution in [2.75, 3.05) is 13.1 Å². The molecule has 5 rings (SSSR count). The highest BCUT2D eigenvalue weighted by molar-refractivity contribution is 5.44. The SMILES string of the molecule is CC1CC(C)(C)C2[C@@H]3[C@@H]1[C@@]23N1CCCC1. The lowest BCUT2D eigenvalue weighted by atomic mass is 9.63. The van der Waals surface area contributed by atoms with E-state index in [9.17, 15) is 0 Å². The molecule has 84 valence electrons. The van der Waals surface area contributed by atoms with E-state index < -0.39 is 0 Å². The summed E-state index contributed by atoms with van der Waals surface area (Å²) in [5.74, 6) is 4.29. The zero-order chi connectivity index (χ0) is 10.4. The van der Waals surface area contributed by atoms with Crippen LogP contribution < -0.4 is 0 Å². The lowest BCUT2D eigenvalue weighted by Gasteiger charge is -2.45. The molecule has 5 aliphatic rings. The first-order valence-corrected chi connectivity index (χ1v) is 6.85. The normalized spacial score (nSPS) is 60.2. The Morgan fingerprint density at radius 3 is 2.33 bits per heavy atom. The summed E-state index contributed by atoms with van der Waals surface area (Å²) in [7, 11) is 0. The largest absolute Gasteiger partial charge is 0.297 e. The van der Waals surface area contributed by atoms with Crippen LogP contribution in [-0.2, 0) is 0 Å². The first-order chi connectivity index (χ1) is 7.10. The van der Waals surface area contributed by atoms with Crippen LogP contribution in [0.3, 0.4) is 0 Å². The van der Waals surface area contributed by atoms with Gasteiger partial charge in [-0.25, -0.2) is 0 Å². The molecule has 0 amide bonds. The van der Waals surface area contributed by atoms with Gasteiger partial charge < -0.3 is 0 Å². The van der Waals surface area contributed by atoms with Crippen LogP contribution in [0.1, 0.15) is 40.0 Å². The number of hydrogen-bond acceptors (Lipinski definition) is 1. The van der Waals surface area contributed by atoms with E-state index in [4.69, 9.17) is 0 Å². The van der Waals surface area contributed by atoms with Gasteiger partial charge in [0.15, 0.2) is 0 Å². The summed E-state index contributed by atoms with van der Waals surface area (Å²) < 4.78 is 0. The second-order valence-corrected chi connectivity index (χ2v) is 7.28. The molecular formula is C14H23N. The van der Waals surface area contributed by atoms with E-state index in [1.165, 1.54) is 32.4 Å². The summed E-state index contributed by atoms with van der Waals surface area (Å²) in [6.45, 7) is 10.4. The quantitative estimate of drug-likeness (QED) is 0.636. The van der Waals surface area contributed by atoms with Crippen LogP contribution in [0.15, 0.2) is 0 Å². The smallest absolute Gasteiger partial charge is 0.0315 e. The molecule has 0 radical (unpaired) electrons. The van der Waals surface area contributed by atoms with Crippen LogP contribution in [0.4, 0.5) is 0 Å². The van der Waals surface area contributed by atoms with Crippen LogP contribution in [0, 0.1) is 29.1 Å². The zero-order valence-electron chi connectivity index (χ0n) is 10.3. The summed E-state index contributed by atoms with van der Waals surface area (Å²) in [6, 6.07) is 0. The van der Waals surface area contributed by atoms with Gasteiger partial charge in [0.1, 0.15) is 0 Å². The van der Waals surface area contributed by atoms with E-state index in [2.05, 4.69) is 25.7 Å². The van der Waals surface area contributed by atoms with Crippen molar-refractivity contribution in [1.29, 1.82) is 0 Å². The van der Waals surface area contributed by atoms with Crippen molar-refractivity contribution in [3.63, 3.8) is 0 Å². The first-order valence-electron chi connectivity index (χ1n) is 6.85. The predicted octanol–water partition coefficient (Wildman–Crippen LogP) is 2.76. The highest BCUT2D eigenvalue weighted by Crippen LogP contribution is 2.89. The molecule has 4 saturated carbocycles. The average Bonchev–Trinajstić information content (AvgIpc) is 2.87. The predicted molar refractivity (Wildman–Crippen MR) is 61.6 cm³/mol. The lowest BCUT2D eigenvalue weighted by Crippen LogP contribution is -2.46. The number of rotatable bonds is 1. The lowest BCUT2D eigenvalue weighted by molar-refractivity contribution is 0.0293. The minimum absolute atomic E-state index is 0.640. The van der Waals surface area contributed by atoms with Crippen molar-refractivity contribution in [3.8, 4) is 0 Å². The third kappa shape index (κ3) is 0.800. The Morgan fingerprint density at radius 2 is 1.73 bits per heavy atom. The number of fused-ring (bicyclic) bond motifs is 2. The van der Waals surface area contributed by atoms with E-state index in [-0.39, 0.29) is 0 Å². The summed E-state index contributed by atoms with van der Waals surface area (Å²) in [5.41, 5.74) is 1.39. The highest BCUT2D eigenvalue weighted by atomic mass is 15.3. The summed E-state index contributed by atoms with van der Waals surface area (Å²) >= 11 is 0. The zero-order valence-corrected chi connectivity index (χ0v) is 10.3. The summed E-state index contributed by atoms with van der Waals surface area (Å²) in [4.78, 5) is 2.88. The van der Waals surface area contributed by atoms with E-state index >= 15 is 0 Å². The number of hydrogen-bond donors (Lipinski definition) is 0.